The molecule has 0 bridgehead atoms. The summed E-state index contributed by atoms with van der Waals surface area (Å²) < 4.78 is 0. The molecule has 16 heavy (non-hydrogen) atoms. The van der Waals surface area contributed by atoms with E-state index >= 15 is 0 Å². The topological polar surface area (TPSA) is 84.0 Å². The van der Waals surface area contributed by atoms with Crippen LogP contribution in [-0.2, 0) is 4.79 Å². The van der Waals surface area contributed by atoms with Crippen LogP contribution in [0.25, 0.3) is 0 Å². The summed E-state index contributed by atoms with van der Waals surface area (Å²) in [5.41, 5.74) is 0. The number of hydrogen-bond donors (Lipinski definition) is 2. The third kappa shape index (κ3) is 2.61. The van der Waals surface area contributed by atoms with Crippen molar-refractivity contribution in [2.24, 2.45) is 0 Å². The molecule has 1 aliphatic heterocycles. The molecule has 1 aromatic heterocycles. The van der Waals surface area contributed by atoms with Crippen LogP contribution in [0.1, 0.15) is 0 Å². The minimum Gasteiger partial charge on any atom is -0.334 e. The Kier molecular flexibility index (Phi) is 3.25. The molecular formula is C8H7ClN4O2S. The van der Waals surface area contributed by atoms with Crippen molar-refractivity contribution < 1.29 is 9.59 Å². The standard InChI is InChI=1S/C8H7ClN4O2S/c9-5-1-11-6(2-10-5)13-7(14)4-3-16-8(15)12-4/h1-2,4H,3H2,(H,12,15)(H,11,13,14). The predicted molar refractivity (Wildman–Crippen MR) is 60.4 cm³/mol. The lowest BCUT2D eigenvalue weighted by molar-refractivity contribution is -0.117. The molecule has 2 amide bonds. The summed E-state index contributed by atoms with van der Waals surface area (Å²) in [5, 5.41) is 5.12. The van der Waals surface area contributed by atoms with Gasteiger partial charge in [-0.2, -0.15) is 0 Å². The SMILES string of the molecule is O=C1NC(C(=O)Nc2cnc(Cl)cn2)CS1. The number of amides is 2. The monoisotopic (exact) mass is 258 g/mol. The third-order valence-electron chi connectivity index (χ3n) is 1.86. The van der Waals surface area contributed by atoms with Crippen molar-refractivity contribution in [1.29, 1.82) is 0 Å². The van der Waals surface area contributed by atoms with Gasteiger partial charge >= 0.3 is 0 Å². The lowest BCUT2D eigenvalue weighted by atomic mass is 10.3. The van der Waals surface area contributed by atoms with E-state index in [9.17, 15) is 9.59 Å². The Morgan fingerprint density at radius 2 is 2.38 bits per heavy atom. The lowest BCUT2D eigenvalue weighted by Gasteiger charge is -2.08. The molecule has 2 rings (SSSR count). The Morgan fingerprint density at radius 1 is 1.56 bits per heavy atom. The van der Waals surface area contributed by atoms with Crippen LogP contribution in [0.2, 0.25) is 5.15 Å². The highest BCUT2D eigenvalue weighted by Gasteiger charge is 2.28. The smallest absolute Gasteiger partial charge is 0.279 e. The van der Waals surface area contributed by atoms with Gasteiger partial charge in [-0.05, 0) is 0 Å². The molecular weight excluding hydrogens is 252 g/mol. The number of thioether (sulfide) groups is 1. The average molecular weight is 259 g/mol. The molecule has 0 aliphatic carbocycles. The Labute approximate surface area is 100 Å². The van der Waals surface area contributed by atoms with E-state index in [1.807, 2.05) is 0 Å². The number of anilines is 1. The normalized spacial score (nSPS) is 19.3. The zero-order chi connectivity index (χ0) is 11.5. The first kappa shape index (κ1) is 11.2. The van der Waals surface area contributed by atoms with E-state index in [0.717, 1.165) is 11.8 Å². The fraction of sp³-hybridized carbons (Fsp3) is 0.250. The molecule has 1 unspecified atom stereocenters. The van der Waals surface area contributed by atoms with Gasteiger partial charge in [-0.1, -0.05) is 23.4 Å². The Bertz CT molecular complexity index is 425. The number of aromatic nitrogens is 2. The van der Waals surface area contributed by atoms with Crippen LogP contribution < -0.4 is 10.6 Å². The highest BCUT2D eigenvalue weighted by Crippen LogP contribution is 2.14. The molecule has 0 saturated carbocycles. The van der Waals surface area contributed by atoms with Crippen molar-refractivity contribution in [3.63, 3.8) is 0 Å². The Balaban J connectivity index is 1.97. The highest BCUT2D eigenvalue weighted by atomic mass is 35.5. The number of nitrogens with one attached hydrogen (secondary N) is 2. The van der Waals surface area contributed by atoms with Gasteiger partial charge in [0.2, 0.25) is 5.91 Å². The molecule has 8 heteroatoms. The molecule has 0 spiro atoms. The molecule has 2 heterocycles. The lowest BCUT2D eigenvalue weighted by Crippen LogP contribution is -2.38. The average Bonchev–Trinajstić information content (AvgIpc) is 2.68. The maximum atomic E-state index is 11.6. The van der Waals surface area contributed by atoms with Gasteiger partial charge in [0.15, 0.2) is 5.82 Å². The maximum Gasteiger partial charge on any atom is 0.279 e. The van der Waals surface area contributed by atoms with Gasteiger partial charge in [-0.25, -0.2) is 9.97 Å². The number of halogens is 1. The van der Waals surface area contributed by atoms with Gasteiger partial charge in [0.25, 0.3) is 5.24 Å². The van der Waals surface area contributed by atoms with Gasteiger partial charge in [0.1, 0.15) is 11.2 Å². The van der Waals surface area contributed by atoms with Crippen molar-refractivity contribution in [2.75, 3.05) is 11.1 Å². The third-order valence-corrected chi connectivity index (χ3v) is 2.94. The zero-order valence-corrected chi connectivity index (χ0v) is 9.51. The molecule has 2 N–H and O–H groups in total. The summed E-state index contributed by atoms with van der Waals surface area (Å²) >= 11 is 6.63. The van der Waals surface area contributed by atoms with E-state index in [1.54, 1.807) is 0 Å². The largest absolute Gasteiger partial charge is 0.334 e. The summed E-state index contributed by atoms with van der Waals surface area (Å²) in [5.74, 6) is 0.418. The molecule has 0 radical (unpaired) electrons. The van der Waals surface area contributed by atoms with Crippen LogP contribution in [0.15, 0.2) is 12.4 Å². The van der Waals surface area contributed by atoms with Crippen molar-refractivity contribution in [1.82, 2.24) is 15.3 Å². The number of carbonyl (C=O) groups excluding carboxylic acids is 2. The summed E-state index contributed by atoms with van der Waals surface area (Å²) in [4.78, 5) is 30.1. The molecule has 1 saturated heterocycles. The van der Waals surface area contributed by atoms with E-state index in [4.69, 9.17) is 11.6 Å². The fourth-order valence-corrected chi connectivity index (χ4v) is 1.99. The van der Waals surface area contributed by atoms with Crippen LogP contribution in [0.4, 0.5) is 10.6 Å². The molecule has 84 valence electrons. The van der Waals surface area contributed by atoms with E-state index in [-0.39, 0.29) is 16.3 Å². The van der Waals surface area contributed by atoms with Gasteiger partial charge in [-0.15, -0.1) is 0 Å². The van der Waals surface area contributed by atoms with Gasteiger partial charge < -0.3 is 10.6 Å². The van der Waals surface area contributed by atoms with Gasteiger partial charge in [0, 0.05) is 5.75 Å². The zero-order valence-electron chi connectivity index (χ0n) is 7.94. The summed E-state index contributed by atoms with van der Waals surface area (Å²) in [6.45, 7) is 0. The minimum atomic E-state index is -0.519. The van der Waals surface area contributed by atoms with E-state index in [2.05, 4.69) is 20.6 Å². The van der Waals surface area contributed by atoms with Crippen molar-refractivity contribution in [3.8, 4) is 0 Å². The Hall–Kier alpha value is -1.34. The predicted octanol–water partition coefficient (Wildman–Crippen LogP) is 0.893. The molecule has 0 aromatic carbocycles. The number of hydrogen-bond acceptors (Lipinski definition) is 5. The Morgan fingerprint density at radius 3 is 2.94 bits per heavy atom. The molecule has 1 aliphatic rings. The molecule has 1 atom stereocenters. The first-order chi connectivity index (χ1) is 7.65. The summed E-state index contributed by atoms with van der Waals surface area (Å²) in [6, 6.07) is -0.519. The van der Waals surface area contributed by atoms with Crippen LogP contribution in [0, 0.1) is 0 Å². The quantitative estimate of drug-likeness (QED) is 0.823. The number of rotatable bonds is 2. The molecule has 1 aromatic rings. The summed E-state index contributed by atoms with van der Waals surface area (Å²) in [6.07, 6.45) is 2.68. The van der Waals surface area contributed by atoms with E-state index < -0.39 is 6.04 Å². The van der Waals surface area contributed by atoms with Crippen LogP contribution in [0.5, 0.6) is 0 Å². The first-order valence-electron chi connectivity index (χ1n) is 4.37. The number of carbonyl (C=O) groups is 2. The molecule has 1 fully saturated rings. The van der Waals surface area contributed by atoms with Gasteiger partial charge in [-0.3, -0.25) is 9.59 Å². The van der Waals surface area contributed by atoms with Crippen LogP contribution in [0.3, 0.4) is 0 Å². The van der Waals surface area contributed by atoms with E-state index in [1.165, 1.54) is 12.4 Å². The second kappa shape index (κ2) is 4.67. The summed E-state index contributed by atoms with van der Waals surface area (Å²) in [7, 11) is 0. The van der Waals surface area contributed by atoms with Crippen molar-refractivity contribution in [3.05, 3.63) is 17.5 Å². The highest BCUT2D eigenvalue weighted by molar-refractivity contribution is 8.14. The maximum absolute atomic E-state index is 11.6. The van der Waals surface area contributed by atoms with E-state index in [0.29, 0.717) is 11.6 Å². The molecule has 6 nitrogen and oxygen atoms in total. The fourth-order valence-electron chi connectivity index (χ4n) is 1.12. The minimum absolute atomic E-state index is 0.192. The van der Waals surface area contributed by atoms with Gasteiger partial charge in [0.05, 0.1) is 12.4 Å². The van der Waals surface area contributed by atoms with Crippen molar-refractivity contribution in [2.45, 2.75) is 6.04 Å². The second-order valence-corrected chi connectivity index (χ2v) is 4.39. The second-order valence-electron chi connectivity index (χ2n) is 3.01. The van der Waals surface area contributed by atoms with Crippen molar-refractivity contribution >= 4 is 40.3 Å². The first-order valence-corrected chi connectivity index (χ1v) is 5.73. The van der Waals surface area contributed by atoms with Crippen LogP contribution >= 0.6 is 23.4 Å². The number of nitrogens with zero attached hydrogens (tertiary/aromatic N) is 2. The van der Waals surface area contributed by atoms with Crippen LogP contribution in [-0.4, -0.2) is 32.9 Å².